The first kappa shape index (κ1) is 23.9. The first-order valence-corrected chi connectivity index (χ1v) is 12.7. The molecule has 1 saturated heterocycles. The number of fused-ring (bicyclic) bond motifs is 1. The molecule has 1 aromatic heterocycles. The molecular weight excluding hydrogens is 440 g/mol. The molecule has 0 bridgehead atoms. The van der Waals surface area contributed by atoms with Crippen LogP contribution >= 0.6 is 0 Å². The molecule has 3 aromatic carbocycles. The van der Waals surface area contributed by atoms with Crippen LogP contribution in [0.15, 0.2) is 92.2 Å². The first-order valence-electron chi connectivity index (χ1n) is 12.7. The lowest BCUT2D eigenvalue weighted by atomic mass is 9.92. The zero-order chi connectivity index (χ0) is 25.2. The van der Waals surface area contributed by atoms with Crippen molar-refractivity contribution < 1.29 is 4.79 Å². The second-order valence-corrected chi connectivity index (χ2v) is 9.77. The lowest BCUT2D eigenvalue weighted by molar-refractivity contribution is 0.103. The summed E-state index contributed by atoms with van der Waals surface area (Å²) in [6.07, 6.45) is 9.12. The molecule has 1 fully saturated rings. The standard InChI is InChI=1S/C33H33N2O/c1-5-9-25-17-14-24(4)31(33(36)26-15-12-23(3)13-16-26)32(25)35-20-18-27(21-35)29-22-34(19-6-2)30-11-8-7-10-28(29)30/h5-17,22,27H,1-2,18-21H2,3-4H3. The van der Waals surface area contributed by atoms with Gasteiger partial charge in [0.15, 0.2) is 5.78 Å². The van der Waals surface area contributed by atoms with E-state index in [0.29, 0.717) is 5.92 Å². The summed E-state index contributed by atoms with van der Waals surface area (Å²) in [6, 6.07) is 20.7. The molecule has 0 spiro atoms. The third-order valence-corrected chi connectivity index (χ3v) is 7.35. The van der Waals surface area contributed by atoms with Gasteiger partial charge in [0.25, 0.3) is 0 Å². The van der Waals surface area contributed by atoms with Gasteiger partial charge in [-0.05, 0) is 43.0 Å². The highest BCUT2D eigenvalue weighted by Gasteiger charge is 2.31. The Labute approximate surface area is 214 Å². The second-order valence-electron chi connectivity index (χ2n) is 9.77. The molecule has 1 aliphatic heterocycles. The summed E-state index contributed by atoms with van der Waals surface area (Å²) < 4.78 is 2.29. The zero-order valence-electron chi connectivity index (χ0n) is 21.2. The van der Waals surface area contributed by atoms with E-state index in [2.05, 4.69) is 65.2 Å². The predicted molar refractivity (Wildman–Crippen MR) is 151 cm³/mol. The Balaban J connectivity index is 1.55. The van der Waals surface area contributed by atoms with Crippen LogP contribution in [0.2, 0.25) is 0 Å². The first-order chi connectivity index (χ1) is 17.5. The van der Waals surface area contributed by atoms with E-state index in [4.69, 9.17) is 0 Å². The predicted octanol–water partition coefficient (Wildman–Crippen LogP) is 7.41. The number of aromatic nitrogens is 1. The van der Waals surface area contributed by atoms with Crippen LogP contribution in [0.25, 0.3) is 10.9 Å². The fourth-order valence-electron chi connectivity index (χ4n) is 5.55. The number of nitrogens with zero attached hydrogens (tertiary/aromatic N) is 2. The number of carbonyl (C=O) groups is 1. The SMILES string of the molecule is C=C[CH]c1ccc(C)c(C(=O)c2ccc(C)cc2)c1N1CCC(c2cn(CC=C)c3ccccc23)C1. The molecule has 3 heteroatoms. The Kier molecular flexibility index (Phi) is 6.65. The number of hydrogen-bond donors (Lipinski definition) is 0. The molecule has 181 valence electrons. The number of carbonyl (C=O) groups excluding carboxylic acids is 1. The number of aryl methyl sites for hydroxylation is 2. The quantitative estimate of drug-likeness (QED) is 0.197. The Morgan fingerprint density at radius 3 is 2.56 bits per heavy atom. The van der Waals surface area contributed by atoms with Gasteiger partial charge in [0.2, 0.25) is 0 Å². The van der Waals surface area contributed by atoms with Crippen molar-refractivity contribution >= 4 is 22.4 Å². The van der Waals surface area contributed by atoms with Crippen molar-refractivity contribution in [3.63, 3.8) is 0 Å². The van der Waals surface area contributed by atoms with Gasteiger partial charge in [-0.15, -0.1) is 13.2 Å². The van der Waals surface area contributed by atoms with Crippen LogP contribution in [0, 0.1) is 20.3 Å². The lowest BCUT2D eigenvalue weighted by Gasteiger charge is -2.26. The number of anilines is 1. The minimum absolute atomic E-state index is 0.0767. The molecule has 4 aromatic rings. The molecule has 2 heterocycles. The van der Waals surface area contributed by atoms with Crippen molar-refractivity contribution in [1.82, 2.24) is 4.57 Å². The van der Waals surface area contributed by atoms with Crippen molar-refractivity contribution in [2.45, 2.75) is 32.7 Å². The minimum Gasteiger partial charge on any atom is -0.370 e. The molecule has 0 amide bonds. The average Bonchev–Trinajstić information content (AvgIpc) is 3.51. The third kappa shape index (κ3) is 4.30. The smallest absolute Gasteiger partial charge is 0.195 e. The van der Waals surface area contributed by atoms with Crippen LogP contribution in [0.5, 0.6) is 0 Å². The highest BCUT2D eigenvalue weighted by molar-refractivity contribution is 6.14. The van der Waals surface area contributed by atoms with Crippen molar-refractivity contribution in [2.24, 2.45) is 0 Å². The fraction of sp³-hybridized carbons (Fsp3) is 0.212. The average molecular weight is 474 g/mol. The fourth-order valence-corrected chi connectivity index (χ4v) is 5.55. The molecule has 0 aliphatic carbocycles. The molecular formula is C33H33N2O. The van der Waals surface area contributed by atoms with Crippen LogP contribution in [0.3, 0.4) is 0 Å². The third-order valence-electron chi connectivity index (χ3n) is 7.35. The molecule has 1 atom stereocenters. The van der Waals surface area contributed by atoms with E-state index in [0.717, 1.165) is 59.6 Å². The maximum Gasteiger partial charge on any atom is 0.195 e. The van der Waals surface area contributed by atoms with E-state index in [1.807, 2.05) is 56.7 Å². The Morgan fingerprint density at radius 2 is 1.81 bits per heavy atom. The summed E-state index contributed by atoms with van der Waals surface area (Å²) in [4.78, 5) is 16.2. The number of rotatable bonds is 8. The number of hydrogen-bond acceptors (Lipinski definition) is 2. The number of benzene rings is 3. The molecule has 36 heavy (non-hydrogen) atoms. The van der Waals surface area contributed by atoms with Crippen LogP contribution in [-0.4, -0.2) is 23.4 Å². The summed E-state index contributed by atoms with van der Waals surface area (Å²) in [5, 5.41) is 1.31. The van der Waals surface area contributed by atoms with Crippen LogP contribution < -0.4 is 4.90 Å². The van der Waals surface area contributed by atoms with Crippen molar-refractivity contribution in [1.29, 1.82) is 0 Å². The van der Waals surface area contributed by atoms with Crippen molar-refractivity contribution in [3.8, 4) is 0 Å². The maximum atomic E-state index is 13.8. The summed E-state index contributed by atoms with van der Waals surface area (Å²) in [6.45, 7) is 14.5. The summed E-state index contributed by atoms with van der Waals surface area (Å²) >= 11 is 0. The monoisotopic (exact) mass is 473 g/mol. The highest BCUT2D eigenvalue weighted by atomic mass is 16.1. The maximum absolute atomic E-state index is 13.8. The molecule has 1 radical (unpaired) electrons. The molecule has 0 saturated carbocycles. The van der Waals surface area contributed by atoms with E-state index >= 15 is 0 Å². The van der Waals surface area contributed by atoms with Gasteiger partial charge in [-0.1, -0.05) is 72.3 Å². The van der Waals surface area contributed by atoms with E-state index in [9.17, 15) is 4.79 Å². The Hall–Kier alpha value is -3.85. The van der Waals surface area contributed by atoms with E-state index < -0.39 is 0 Å². The molecule has 1 aliphatic rings. The minimum atomic E-state index is 0.0767. The van der Waals surface area contributed by atoms with Gasteiger partial charge in [-0.25, -0.2) is 0 Å². The molecule has 3 nitrogen and oxygen atoms in total. The van der Waals surface area contributed by atoms with Crippen molar-refractivity contribution in [3.05, 3.63) is 132 Å². The highest BCUT2D eigenvalue weighted by Crippen LogP contribution is 2.40. The van der Waals surface area contributed by atoms with E-state index in [1.165, 1.54) is 16.5 Å². The topological polar surface area (TPSA) is 25.2 Å². The normalized spacial score (nSPS) is 15.4. The Bertz CT molecular complexity index is 1440. The van der Waals surface area contributed by atoms with Gasteiger partial charge in [0.1, 0.15) is 0 Å². The number of ketones is 1. The van der Waals surface area contributed by atoms with Crippen molar-refractivity contribution in [2.75, 3.05) is 18.0 Å². The summed E-state index contributed by atoms with van der Waals surface area (Å²) in [5.41, 5.74) is 8.37. The number of allylic oxidation sites excluding steroid dienone is 2. The number of para-hydroxylation sites is 1. The van der Waals surface area contributed by atoms with Crippen LogP contribution in [0.1, 0.15) is 50.5 Å². The summed E-state index contributed by atoms with van der Waals surface area (Å²) in [7, 11) is 0. The molecule has 0 N–H and O–H groups in total. The summed E-state index contributed by atoms with van der Waals surface area (Å²) in [5.74, 6) is 0.466. The van der Waals surface area contributed by atoms with Gasteiger partial charge in [0.05, 0.1) is 5.69 Å². The Morgan fingerprint density at radius 1 is 1.03 bits per heavy atom. The van der Waals surface area contributed by atoms with Gasteiger partial charge in [0, 0.05) is 60.2 Å². The van der Waals surface area contributed by atoms with Crippen LogP contribution in [0.4, 0.5) is 5.69 Å². The van der Waals surface area contributed by atoms with E-state index in [-0.39, 0.29) is 5.78 Å². The van der Waals surface area contributed by atoms with Crippen LogP contribution in [-0.2, 0) is 6.54 Å². The van der Waals surface area contributed by atoms with Gasteiger partial charge in [-0.2, -0.15) is 0 Å². The lowest BCUT2D eigenvalue weighted by Crippen LogP contribution is -2.24. The van der Waals surface area contributed by atoms with Gasteiger partial charge < -0.3 is 9.47 Å². The van der Waals surface area contributed by atoms with Gasteiger partial charge in [-0.3, -0.25) is 4.79 Å². The molecule has 5 rings (SSSR count). The second kappa shape index (κ2) is 10.0. The molecule has 1 unspecified atom stereocenters. The largest absolute Gasteiger partial charge is 0.370 e. The zero-order valence-corrected chi connectivity index (χ0v) is 21.2. The van der Waals surface area contributed by atoms with Gasteiger partial charge >= 0.3 is 0 Å². The van der Waals surface area contributed by atoms with E-state index in [1.54, 1.807) is 0 Å².